The molecule has 1 amide bonds. The Kier molecular flexibility index (Phi) is 6.77. The summed E-state index contributed by atoms with van der Waals surface area (Å²) in [6.07, 6.45) is 4.58. The van der Waals surface area contributed by atoms with Gasteiger partial charge in [-0.2, -0.15) is 0 Å². The molecule has 5 nitrogen and oxygen atoms in total. The van der Waals surface area contributed by atoms with E-state index in [1.165, 1.54) is 10.9 Å². The van der Waals surface area contributed by atoms with Gasteiger partial charge in [0.15, 0.2) is 0 Å². The summed E-state index contributed by atoms with van der Waals surface area (Å²) in [5.41, 5.74) is 5.11. The lowest BCUT2D eigenvalue weighted by atomic mass is 9.95. The minimum atomic E-state index is 0.0658. The quantitative estimate of drug-likeness (QED) is 0.387. The standard InChI is InChI=1S/C30H30N2O3/c1-21-28(25-8-10-27(34-2)11-9-25)4-3-5-29(21)30(33)32-14-15-35-20-23(19-32)16-22-6-7-24-12-13-31-18-26(24)17-22/h3-13,17-18,23H,14-16,19-20H2,1-2H3. The number of rotatable bonds is 5. The van der Waals surface area contributed by atoms with Crippen LogP contribution in [-0.2, 0) is 11.2 Å². The van der Waals surface area contributed by atoms with Crippen LogP contribution in [0.25, 0.3) is 21.9 Å². The maximum atomic E-state index is 13.7. The van der Waals surface area contributed by atoms with Crippen LogP contribution in [0.1, 0.15) is 21.5 Å². The molecule has 5 rings (SSSR count). The fourth-order valence-electron chi connectivity index (χ4n) is 4.90. The first kappa shape index (κ1) is 23.1. The van der Waals surface area contributed by atoms with Gasteiger partial charge in [0, 0.05) is 42.4 Å². The monoisotopic (exact) mass is 466 g/mol. The summed E-state index contributed by atoms with van der Waals surface area (Å²) in [6.45, 7) is 4.52. The summed E-state index contributed by atoms with van der Waals surface area (Å²) < 4.78 is 11.2. The zero-order valence-corrected chi connectivity index (χ0v) is 20.2. The number of fused-ring (bicyclic) bond motifs is 1. The van der Waals surface area contributed by atoms with Gasteiger partial charge in [0.05, 0.1) is 20.3 Å². The zero-order chi connectivity index (χ0) is 24.2. The van der Waals surface area contributed by atoms with Crippen LogP contribution in [0.3, 0.4) is 0 Å². The van der Waals surface area contributed by atoms with Gasteiger partial charge in [-0.15, -0.1) is 0 Å². The minimum Gasteiger partial charge on any atom is -0.497 e. The largest absolute Gasteiger partial charge is 0.497 e. The van der Waals surface area contributed by atoms with Crippen molar-refractivity contribution in [1.82, 2.24) is 9.88 Å². The van der Waals surface area contributed by atoms with Gasteiger partial charge >= 0.3 is 0 Å². The summed E-state index contributed by atoms with van der Waals surface area (Å²) in [7, 11) is 1.66. The minimum absolute atomic E-state index is 0.0658. The molecular weight excluding hydrogens is 436 g/mol. The van der Waals surface area contributed by atoms with Crippen molar-refractivity contribution in [2.24, 2.45) is 5.92 Å². The summed E-state index contributed by atoms with van der Waals surface area (Å²) in [5, 5.41) is 2.32. The van der Waals surface area contributed by atoms with Crippen LogP contribution in [0.5, 0.6) is 5.75 Å². The highest BCUT2D eigenvalue weighted by molar-refractivity contribution is 5.97. The van der Waals surface area contributed by atoms with Crippen molar-refractivity contribution < 1.29 is 14.3 Å². The first-order chi connectivity index (χ1) is 17.1. The van der Waals surface area contributed by atoms with E-state index in [0.29, 0.717) is 26.3 Å². The van der Waals surface area contributed by atoms with Crippen LogP contribution in [-0.4, -0.2) is 49.2 Å². The molecule has 0 saturated carbocycles. The maximum Gasteiger partial charge on any atom is 0.254 e. The lowest BCUT2D eigenvalue weighted by Crippen LogP contribution is -2.36. The third-order valence-corrected chi connectivity index (χ3v) is 6.82. The van der Waals surface area contributed by atoms with E-state index in [2.05, 4.69) is 29.2 Å². The number of amides is 1. The lowest BCUT2D eigenvalue weighted by Gasteiger charge is -2.25. The molecule has 0 spiro atoms. The van der Waals surface area contributed by atoms with Crippen LogP contribution in [0.4, 0.5) is 0 Å². The number of pyridine rings is 1. The predicted octanol–water partition coefficient (Wildman–Crippen LogP) is 5.55. The summed E-state index contributed by atoms with van der Waals surface area (Å²) in [5.74, 6) is 1.12. The van der Waals surface area contributed by atoms with E-state index in [4.69, 9.17) is 9.47 Å². The molecule has 3 aromatic carbocycles. The van der Waals surface area contributed by atoms with Crippen molar-refractivity contribution >= 4 is 16.7 Å². The van der Waals surface area contributed by atoms with Gasteiger partial charge in [-0.25, -0.2) is 0 Å². The molecule has 4 aromatic rings. The van der Waals surface area contributed by atoms with Crippen LogP contribution < -0.4 is 4.74 Å². The molecule has 0 aliphatic carbocycles. The average molecular weight is 467 g/mol. The van der Waals surface area contributed by atoms with Crippen LogP contribution in [0.2, 0.25) is 0 Å². The molecule has 0 bridgehead atoms. The lowest BCUT2D eigenvalue weighted by molar-refractivity contribution is 0.0736. The zero-order valence-electron chi connectivity index (χ0n) is 20.2. The molecular formula is C30H30N2O3. The second-order valence-electron chi connectivity index (χ2n) is 9.16. The Labute approximate surface area is 206 Å². The average Bonchev–Trinajstić information content (AvgIpc) is 3.14. The van der Waals surface area contributed by atoms with Gasteiger partial charge in [0.1, 0.15) is 5.75 Å². The van der Waals surface area contributed by atoms with E-state index in [1.807, 2.05) is 66.7 Å². The van der Waals surface area contributed by atoms with Crippen LogP contribution >= 0.6 is 0 Å². The second kappa shape index (κ2) is 10.3. The normalized spacial score (nSPS) is 16.2. The molecule has 1 saturated heterocycles. The molecule has 2 heterocycles. The van der Waals surface area contributed by atoms with Crippen molar-refractivity contribution in [3.8, 4) is 16.9 Å². The van der Waals surface area contributed by atoms with E-state index < -0.39 is 0 Å². The van der Waals surface area contributed by atoms with Crippen molar-refractivity contribution in [2.75, 3.05) is 33.4 Å². The first-order valence-electron chi connectivity index (χ1n) is 12.1. The highest BCUT2D eigenvalue weighted by Gasteiger charge is 2.25. The van der Waals surface area contributed by atoms with Gasteiger partial charge < -0.3 is 14.4 Å². The number of ether oxygens (including phenoxy) is 2. The van der Waals surface area contributed by atoms with Gasteiger partial charge in [-0.05, 0) is 71.3 Å². The Balaban J connectivity index is 1.35. The predicted molar refractivity (Wildman–Crippen MR) is 139 cm³/mol. The van der Waals surface area contributed by atoms with E-state index in [1.54, 1.807) is 7.11 Å². The van der Waals surface area contributed by atoms with Gasteiger partial charge in [0.25, 0.3) is 5.91 Å². The molecule has 0 N–H and O–H groups in total. The van der Waals surface area contributed by atoms with Crippen molar-refractivity contribution in [3.05, 3.63) is 95.8 Å². The Morgan fingerprint density at radius 3 is 2.77 bits per heavy atom. The SMILES string of the molecule is COc1ccc(-c2cccc(C(=O)N3CCOCC(Cc4ccc5ccncc5c4)C3)c2C)cc1. The number of methoxy groups -OCH3 is 1. The number of carbonyl (C=O) groups is 1. The number of hydrogen-bond donors (Lipinski definition) is 0. The van der Waals surface area contributed by atoms with E-state index >= 15 is 0 Å². The molecule has 5 heteroatoms. The number of aromatic nitrogens is 1. The fraction of sp³-hybridized carbons (Fsp3) is 0.267. The number of carbonyl (C=O) groups excluding carboxylic acids is 1. The van der Waals surface area contributed by atoms with Crippen molar-refractivity contribution in [2.45, 2.75) is 13.3 Å². The van der Waals surface area contributed by atoms with Gasteiger partial charge in [-0.3, -0.25) is 9.78 Å². The Morgan fingerprint density at radius 2 is 1.94 bits per heavy atom. The molecule has 0 radical (unpaired) electrons. The smallest absolute Gasteiger partial charge is 0.254 e. The third-order valence-electron chi connectivity index (χ3n) is 6.82. The molecule has 1 fully saturated rings. The molecule has 35 heavy (non-hydrogen) atoms. The molecule has 1 aliphatic heterocycles. The Morgan fingerprint density at radius 1 is 1.09 bits per heavy atom. The molecule has 178 valence electrons. The number of benzene rings is 3. The summed E-state index contributed by atoms with van der Waals surface area (Å²) in [6, 6.07) is 22.5. The second-order valence-corrected chi connectivity index (χ2v) is 9.16. The van der Waals surface area contributed by atoms with Gasteiger partial charge in [-0.1, -0.05) is 36.4 Å². The Hall–Kier alpha value is -3.70. The van der Waals surface area contributed by atoms with Crippen LogP contribution in [0.15, 0.2) is 79.1 Å². The summed E-state index contributed by atoms with van der Waals surface area (Å²) >= 11 is 0. The van der Waals surface area contributed by atoms with Gasteiger partial charge in [0.2, 0.25) is 0 Å². The topological polar surface area (TPSA) is 51.7 Å². The molecule has 1 unspecified atom stereocenters. The molecule has 1 aromatic heterocycles. The van der Waals surface area contributed by atoms with Crippen molar-refractivity contribution in [3.63, 3.8) is 0 Å². The molecule has 1 atom stereocenters. The maximum absolute atomic E-state index is 13.7. The molecule has 1 aliphatic rings. The fourth-order valence-corrected chi connectivity index (χ4v) is 4.90. The number of hydrogen-bond acceptors (Lipinski definition) is 4. The van der Waals surface area contributed by atoms with E-state index in [9.17, 15) is 4.79 Å². The van der Waals surface area contributed by atoms with Crippen molar-refractivity contribution in [1.29, 1.82) is 0 Å². The number of nitrogens with zero attached hydrogens (tertiary/aromatic N) is 2. The first-order valence-corrected chi connectivity index (χ1v) is 12.1. The van der Waals surface area contributed by atoms with E-state index in [-0.39, 0.29) is 11.8 Å². The van der Waals surface area contributed by atoms with E-state index in [0.717, 1.165) is 39.8 Å². The highest BCUT2D eigenvalue weighted by atomic mass is 16.5. The van der Waals surface area contributed by atoms with Crippen LogP contribution in [0, 0.1) is 12.8 Å². The summed E-state index contributed by atoms with van der Waals surface area (Å²) in [4.78, 5) is 19.9. The third kappa shape index (κ3) is 5.05. The highest BCUT2D eigenvalue weighted by Crippen LogP contribution is 2.29. The Bertz CT molecular complexity index is 1330.